The van der Waals surface area contributed by atoms with E-state index < -0.39 is 0 Å². The maximum absolute atomic E-state index is 12.0. The summed E-state index contributed by atoms with van der Waals surface area (Å²) in [5, 5.41) is 9.43. The number of carbonyl (C=O) groups is 1. The molecule has 152 valence electrons. The van der Waals surface area contributed by atoms with E-state index >= 15 is 0 Å². The number of guanidine groups is 1. The van der Waals surface area contributed by atoms with Crippen molar-refractivity contribution in [1.82, 2.24) is 20.9 Å². The number of hydrogen-bond donors (Lipinski definition) is 3. The second-order valence-corrected chi connectivity index (χ2v) is 7.63. The van der Waals surface area contributed by atoms with Crippen LogP contribution in [0.5, 0.6) is 5.75 Å². The standard InChI is InChI=1S/C20H35N5O2/c1-8-21-19(23-14-18(26)24-20(2,3)4)22-13-17(25(5)6)15-10-9-11-16(12-15)27-7/h9-12,17H,8,13-14H2,1-7H3,(H,24,26)(H2,21,22,23). The normalized spacial score (nSPS) is 13.3. The van der Waals surface area contributed by atoms with Gasteiger partial charge in [0.05, 0.1) is 13.2 Å². The van der Waals surface area contributed by atoms with Gasteiger partial charge in [-0.05, 0) is 59.5 Å². The van der Waals surface area contributed by atoms with Crippen LogP contribution in [-0.2, 0) is 4.79 Å². The Balaban J connectivity index is 2.79. The van der Waals surface area contributed by atoms with Gasteiger partial charge < -0.3 is 25.6 Å². The number of likely N-dealkylation sites (N-methyl/N-ethyl adjacent to an activating group) is 1. The van der Waals surface area contributed by atoms with Crippen LogP contribution in [0.3, 0.4) is 0 Å². The van der Waals surface area contributed by atoms with Crippen LogP contribution in [0.1, 0.15) is 39.3 Å². The number of carbonyl (C=O) groups excluding carboxylic acids is 1. The van der Waals surface area contributed by atoms with Gasteiger partial charge in [-0.3, -0.25) is 4.79 Å². The van der Waals surface area contributed by atoms with E-state index in [1.165, 1.54) is 0 Å². The summed E-state index contributed by atoms with van der Waals surface area (Å²) < 4.78 is 5.33. The van der Waals surface area contributed by atoms with Crippen LogP contribution in [0.15, 0.2) is 29.3 Å². The van der Waals surface area contributed by atoms with Crippen LogP contribution in [0.4, 0.5) is 0 Å². The smallest absolute Gasteiger partial charge is 0.242 e. The predicted molar refractivity (Wildman–Crippen MR) is 111 cm³/mol. The maximum Gasteiger partial charge on any atom is 0.242 e. The predicted octanol–water partition coefficient (Wildman–Crippen LogP) is 1.77. The zero-order chi connectivity index (χ0) is 20.4. The third kappa shape index (κ3) is 8.77. The van der Waals surface area contributed by atoms with Crippen molar-refractivity contribution < 1.29 is 9.53 Å². The molecule has 0 radical (unpaired) electrons. The zero-order valence-electron chi connectivity index (χ0n) is 17.7. The first-order valence-corrected chi connectivity index (χ1v) is 9.30. The number of hydrogen-bond acceptors (Lipinski definition) is 4. The Morgan fingerprint density at radius 2 is 1.96 bits per heavy atom. The summed E-state index contributed by atoms with van der Waals surface area (Å²) in [4.78, 5) is 18.5. The first-order valence-electron chi connectivity index (χ1n) is 9.30. The number of benzene rings is 1. The Labute approximate surface area is 163 Å². The van der Waals surface area contributed by atoms with Crippen molar-refractivity contribution >= 4 is 11.9 Å². The van der Waals surface area contributed by atoms with Gasteiger partial charge >= 0.3 is 0 Å². The van der Waals surface area contributed by atoms with E-state index in [0.29, 0.717) is 12.5 Å². The summed E-state index contributed by atoms with van der Waals surface area (Å²) in [6, 6.07) is 8.17. The molecule has 3 N–H and O–H groups in total. The van der Waals surface area contributed by atoms with Crippen LogP contribution < -0.4 is 20.7 Å². The lowest BCUT2D eigenvalue weighted by molar-refractivity contribution is -0.121. The van der Waals surface area contributed by atoms with E-state index in [4.69, 9.17) is 4.74 Å². The fourth-order valence-electron chi connectivity index (χ4n) is 2.59. The Morgan fingerprint density at radius 1 is 1.26 bits per heavy atom. The minimum atomic E-state index is -0.263. The average Bonchev–Trinajstić information content (AvgIpc) is 2.58. The topological polar surface area (TPSA) is 78.0 Å². The molecular weight excluding hydrogens is 342 g/mol. The largest absolute Gasteiger partial charge is 0.497 e. The minimum Gasteiger partial charge on any atom is -0.497 e. The number of aliphatic imine (C=N–C) groups is 1. The molecule has 27 heavy (non-hydrogen) atoms. The second kappa shape index (κ2) is 10.8. The summed E-state index contributed by atoms with van der Waals surface area (Å²) in [6.45, 7) is 9.30. The third-order valence-corrected chi connectivity index (χ3v) is 3.80. The van der Waals surface area contributed by atoms with Gasteiger partial charge in [0.15, 0.2) is 5.96 Å². The molecule has 0 spiro atoms. The second-order valence-electron chi connectivity index (χ2n) is 7.63. The van der Waals surface area contributed by atoms with Gasteiger partial charge in [0.2, 0.25) is 5.91 Å². The molecule has 1 atom stereocenters. The van der Waals surface area contributed by atoms with Crippen molar-refractivity contribution in [3.05, 3.63) is 29.8 Å². The van der Waals surface area contributed by atoms with E-state index in [1.54, 1.807) is 7.11 Å². The van der Waals surface area contributed by atoms with Crippen LogP contribution in [0.25, 0.3) is 0 Å². The van der Waals surface area contributed by atoms with Gasteiger partial charge in [-0.15, -0.1) is 0 Å². The molecule has 0 bridgehead atoms. The van der Waals surface area contributed by atoms with Gasteiger partial charge in [-0.2, -0.15) is 0 Å². The highest BCUT2D eigenvalue weighted by Crippen LogP contribution is 2.22. The molecule has 1 amide bonds. The Kier molecular flexibility index (Phi) is 9.08. The number of ether oxygens (including phenoxy) is 1. The molecule has 0 aliphatic rings. The minimum absolute atomic E-state index is 0.0817. The molecule has 1 aromatic rings. The van der Waals surface area contributed by atoms with E-state index in [9.17, 15) is 4.79 Å². The van der Waals surface area contributed by atoms with E-state index in [1.807, 2.05) is 60.0 Å². The van der Waals surface area contributed by atoms with Gasteiger partial charge in [0.25, 0.3) is 0 Å². The van der Waals surface area contributed by atoms with Crippen LogP contribution in [-0.4, -0.2) is 63.1 Å². The number of methoxy groups -OCH3 is 1. The molecule has 0 saturated heterocycles. The molecular formula is C20H35N5O2. The lowest BCUT2D eigenvalue weighted by Crippen LogP contribution is -2.44. The third-order valence-electron chi connectivity index (χ3n) is 3.80. The molecule has 1 aromatic carbocycles. The number of rotatable bonds is 8. The highest BCUT2D eigenvalue weighted by Gasteiger charge is 2.16. The molecule has 1 unspecified atom stereocenters. The lowest BCUT2D eigenvalue weighted by Gasteiger charge is -2.26. The van der Waals surface area contributed by atoms with Crippen molar-refractivity contribution in [3.63, 3.8) is 0 Å². The quantitative estimate of drug-likeness (QED) is 0.475. The Bertz CT molecular complexity index is 623. The van der Waals surface area contributed by atoms with E-state index in [-0.39, 0.29) is 24.0 Å². The molecule has 0 aliphatic heterocycles. The molecule has 0 aliphatic carbocycles. The number of nitrogens with zero attached hydrogens (tertiary/aromatic N) is 2. The summed E-state index contributed by atoms with van der Waals surface area (Å²) in [5.41, 5.74) is 0.883. The summed E-state index contributed by atoms with van der Waals surface area (Å²) in [7, 11) is 5.74. The number of amides is 1. The van der Waals surface area contributed by atoms with Crippen molar-refractivity contribution in [2.75, 3.05) is 40.8 Å². The molecule has 0 heterocycles. The highest BCUT2D eigenvalue weighted by atomic mass is 16.5. The van der Waals surface area contributed by atoms with Crippen molar-refractivity contribution in [2.45, 2.75) is 39.3 Å². The highest BCUT2D eigenvalue weighted by molar-refractivity contribution is 5.85. The Hall–Kier alpha value is -2.28. The molecule has 0 fully saturated rings. The summed E-state index contributed by atoms with van der Waals surface area (Å²) in [6.07, 6.45) is 0. The molecule has 0 aromatic heterocycles. The fraction of sp³-hybridized carbons (Fsp3) is 0.600. The summed E-state index contributed by atoms with van der Waals surface area (Å²) in [5.74, 6) is 1.35. The fourth-order valence-corrected chi connectivity index (χ4v) is 2.59. The Morgan fingerprint density at radius 3 is 2.52 bits per heavy atom. The lowest BCUT2D eigenvalue weighted by atomic mass is 10.1. The van der Waals surface area contributed by atoms with Crippen molar-refractivity contribution in [3.8, 4) is 5.75 Å². The van der Waals surface area contributed by atoms with Crippen LogP contribution >= 0.6 is 0 Å². The molecule has 7 nitrogen and oxygen atoms in total. The van der Waals surface area contributed by atoms with Crippen LogP contribution in [0, 0.1) is 0 Å². The van der Waals surface area contributed by atoms with Gasteiger partial charge in [-0.25, -0.2) is 4.99 Å². The molecule has 1 rings (SSSR count). The maximum atomic E-state index is 12.0. The molecule has 7 heteroatoms. The van der Waals surface area contributed by atoms with Gasteiger partial charge in [0, 0.05) is 18.6 Å². The van der Waals surface area contributed by atoms with E-state index in [2.05, 4.69) is 31.9 Å². The first kappa shape index (κ1) is 22.8. The SMILES string of the molecule is CCNC(=NCC(=O)NC(C)(C)C)NCC(c1cccc(OC)c1)N(C)C. The number of nitrogens with one attached hydrogen (secondary N) is 3. The van der Waals surface area contributed by atoms with Gasteiger partial charge in [0.1, 0.15) is 12.3 Å². The van der Waals surface area contributed by atoms with Crippen molar-refractivity contribution in [1.29, 1.82) is 0 Å². The summed E-state index contributed by atoms with van der Waals surface area (Å²) >= 11 is 0. The zero-order valence-corrected chi connectivity index (χ0v) is 17.7. The van der Waals surface area contributed by atoms with Crippen molar-refractivity contribution in [2.24, 2.45) is 4.99 Å². The van der Waals surface area contributed by atoms with Gasteiger partial charge in [-0.1, -0.05) is 12.1 Å². The van der Waals surface area contributed by atoms with Crippen LogP contribution in [0.2, 0.25) is 0 Å². The monoisotopic (exact) mass is 377 g/mol. The average molecular weight is 378 g/mol. The first-order chi connectivity index (χ1) is 12.7. The van der Waals surface area contributed by atoms with E-state index in [0.717, 1.165) is 17.9 Å². The molecule has 0 saturated carbocycles.